The molecule has 1 rings (SSSR count). The molecule has 0 radical (unpaired) electrons. The van der Waals surface area contributed by atoms with Gasteiger partial charge in [0.05, 0.1) is 6.20 Å². The molecule has 0 fully saturated rings. The number of hydrogen-bond donors (Lipinski definition) is 0. The second-order valence-electron chi connectivity index (χ2n) is 3.88. The normalized spacial score (nSPS) is 10.9. The molecular weight excluding hydrogens is 262 g/mol. The summed E-state index contributed by atoms with van der Waals surface area (Å²) in [7, 11) is 0. The van der Waals surface area contributed by atoms with E-state index in [4.69, 9.17) is 9.47 Å². The number of nitrogens with zero attached hydrogens (tertiary/aromatic N) is 1. The second-order valence-corrected chi connectivity index (χ2v) is 4.70. The summed E-state index contributed by atoms with van der Waals surface area (Å²) in [6.07, 6.45) is 0.709. The van der Waals surface area contributed by atoms with Crippen molar-refractivity contribution in [1.29, 1.82) is 0 Å². The fourth-order valence-electron chi connectivity index (χ4n) is 0.790. The van der Waals surface area contributed by atoms with Crippen LogP contribution in [0, 0.1) is 0 Å². The molecule has 0 saturated carbocycles. The molecule has 0 aliphatic rings. The molecule has 1 heterocycles. The van der Waals surface area contributed by atoms with Crippen molar-refractivity contribution in [2.24, 2.45) is 0 Å². The Kier molecular flexibility index (Phi) is 3.68. The Morgan fingerprint density at radius 2 is 2.07 bits per heavy atom. The van der Waals surface area contributed by atoms with E-state index >= 15 is 0 Å². The molecule has 0 aromatic carbocycles. The lowest BCUT2D eigenvalue weighted by Crippen LogP contribution is -2.25. The third-order valence-corrected chi connectivity index (χ3v) is 1.76. The van der Waals surface area contributed by atoms with E-state index in [1.54, 1.807) is 32.9 Å². The summed E-state index contributed by atoms with van der Waals surface area (Å²) in [5.41, 5.74) is -0.556. The maximum Gasteiger partial charge on any atom is 0.514 e. The lowest BCUT2D eigenvalue weighted by atomic mass is 10.2. The fraction of sp³-hybridized carbons (Fsp3) is 0.400. The number of rotatable bonds is 1. The van der Waals surface area contributed by atoms with Crippen molar-refractivity contribution in [2.75, 3.05) is 0 Å². The van der Waals surface area contributed by atoms with E-state index in [0.29, 0.717) is 10.4 Å². The van der Waals surface area contributed by atoms with Gasteiger partial charge < -0.3 is 9.47 Å². The number of carbonyl (C=O) groups excluding carboxylic acids is 1. The Balaban J connectivity index is 2.55. The zero-order valence-corrected chi connectivity index (χ0v) is 10.4. The molecule has 0 saturated heterocycles. The van der Waals surface area contributed by atoms with Gasteiger partial charge in [-0.1, -0.05) is 0 Å². The van der Waals surface area contributed by atoms with Gasteiger partial charge in [0.15, 0.2) is 5.75 Å². The molecule has 1 aromatic heterocycles. The number of hydrogen-bond acceptors (Lipinski definition) is 4. The van der Waals surface area contributed by atoms with Gasteiger partial charge in [0.1, 0.15) is 10.2 Å². The van der Waals surface area contributed by atoms with Crippen molar-refractivity contribution < 1.29 is 14.3 Å². The second kappa shape index (κ2) is 4.61. The molecular formula is C10H12BrNO3. The molecule has 0 bridgehead atoms. The minimum absolute atomic E-state index is 0.354. The van der Waals surface area contributed by atoms with Crippen LogP contribution in [-0.2, 0) is 4.74 Å². The zero-order valence-electron chi connectivity index (χ0n) is 8.78. The maximum atomic E-state index is 11.2. The zero-order chi connectivity index (χ0) is 11.5. The maximum absolute atomic E-state index is 11.2. The van der Waals surface area contributed by atoms with Crippen molar-refractivity contribution in [3.05, 3.63) is 22.9 Å². The van der Waals surface area contributed by atoms with Crippen LogP contribution >= 0.6 is 15.9 Å². The van der Waals surface area contributed by atoms with Gasteiger partial charge in [-0.05, 0) is 48.8 Å². The quantitative estimate of drug-likeness (QED) is 0.583. The Morgan fingerprint density at radius 3 is 2.53 bits per heavy atom. The summed E-state index contributed by atoms with van der Waals surface area (Å²) in [5, 5.41) is 0. The van der Waals surface area contributed by atoms with Crippen molar-refractivity contribution in [1.82, 2.24) is 4.98 Å². The van der Waals surface area contributed by atoms with Gasteiger partial charge in [-0.3, -0.25) is 0 Å². The standard InChI is InChI=1S/C10H12BrNO3/c1-10(2,3)15-9(13)14-7-4-5-8(11)12-6-7/h4-6H,1-3H3. The van der Waals surface area contributed by atoms with Crippen LogP contribution in [0.1, 0.15) is 20.8 Å². The van der Waals surface area contributed by atoms with Crippen molar-refractivity contribution in [3.63, 3.8) is 0 Å². The van der Waals surface area contributed by atoms with E-state index in [1.807, 2.05) is 0 Å². The topological polar surface area (TPSA) is 48.4 Å². The SMILES string of the molecule is CC(C)(C)OC(=O)Oc1ccc(Br)nc1. The Morgan fingerprint density at radius 1 is 1.40 bits per heavy atom. The van der Waals surface area contributed by atoms with Gasteiger partial charge in [0.25, 0.3) is 0 Å². The Bertz CT molecular complexity index is 343. The molecule has 0 N–H and O–H groups in total. The average Bonchev–Trinajstić information content (AvgIpc) is 2.05. The highest BCUT2D eigenvalue weighted by Gasteiger charge is 2.17. The fourth-order valence-corrected chi connectivity index (χ4v) is 1.02. The largest absolute Gasteiger partial charge is 0.514 e. The smallest absolute Gasteiger partial charge is 0.428 e. The van der Waals surface area contributed by atoms with Gasteiger partial charge in [-0.2, -0.15) is 0 Å². The van der Waals surface area contributed by atoms with Crippen LogP contribution < -0.4 is 4.74 Å². The highest BCUT2D eigenvalue weighted by Crippen LogP contribution is 2.15. The summed E-state index contributed by atoms with van der Waals surface area (Å²) in [6, 6.07) is 3.31. The van der Waals surface area contributed by atoms with Gasteiger partial charge in [-0.25, -0.2) is 9.78 Å². The highest BCUT2D eigenvalue weighted by atomic mass is 79.9. The van der Waals surface area contributed by atoms with Crippen molar-refractivity contribution in [2.45, 2.75) is 26.4 Å². The number of halogens is 1. The van der Waals surface area contributed by atoms with Crippen molar-refractivity contribution >= 4 is 22.1 Å². The van der Waals surface area contributed by atoms with E-state index in [9.17, 15) is 4.79 Å². The molecule has 15 heavy (non-hydrogen) atoms. The first-order valence-electron chi connectivity index (χ1n) is 4.39. The van der Waals surface area contributed by atoms with E-state index in [1.165, 1.54) is 6.20 Å². The van der Waals surface area contributed by atoms with Crippen LogP contribution in [0.15, 0.2) is 22.9 Å². The predicted molar refractivity (Wildman–Crippen MR) is 58.8 cm³/mol. The predicted octanol–water partition coefficient (Wildman–Crippen LogP) is 3.16. The van der Waals surface area contributed by atoms with E-state index in [2.05, 4.69) is 20.9 Å². The minimum Gasteiger partial charge on any atom is -0.428 e. The van der Waals surface area contributed by atoms with Gasteiger partial charge in [0, 0.05) is 0 Å². The van der Waals surface area contributed by atoms with E-state index < -0.39 is 11.8 Å². The van der Waals surface area contributed by atoms with Crippen LogP contribution in [0.2, 0.25) is 0 Å². The van der Waals surface area contributed by atoms with Gasteiger partial charge in [0.2, 0.25) is 0 Å². The molecule has 0 atom stereocenters. The number of aromatic nitrogens is 1. The number of carbonyl (C=O) groups is 1. The first kappa shape index (κ1) is 12.0. The molecule has 1 aromatic rings. The van der Waals surface area contributed by atoms with Crippen LogP contribution in [0.5, 0.6) is 5.75 Å². The molecule has 0 unspecified atom stereocenters. The summed E-state index contributed by atoms with van der Waals surface area (Å²) in [4.78, 5) is 15.1. The molecule has 0 aliphatic carbocycles. The van der Waals surface area contributed by atoms with Crippen LogP contribution in [-0.4, -0.2) is 16.7 Å². The molecule has 0 aliphatic heterocycles. The average molecular weight is 274 g/mol. The summed E-state index contributed by atoms with van der Waals surface area (Å²) >= 11 is 3.18. The van der Waals surface area contributed by atoms with Crippen LogP contribution in [0.4, 0.5) is 4.79 Å². The Hall–Kier alpha value is -1.10. The first-order valence-corrected chi connectivity index (χ1v) is 5.18. The van der Waals surface area contributed by atoms with Gasteiger partial charge >= 0.3 is 6.16 Å². The lowest BCUT2D eigenvalue weighted by Gasteiger charge is -2.18. The van der Waals surface area contributed by atoms with Crippen LogP contribution in [0.3, 0.4) is 0 Å². The summed E-state index contributed by atoms with van der Waals surface area (Å²) < 4.78 is 10.6. The summed E-state index contributed by atoms with van der Waals surface area (Å²) in [6.45, 7) is 5.32. The van der Waals surface area contributed by atoms with Crippen LogP contribution in [0.25, 0.3) is 0 Å². The first-order chi connectivity index (χ1) is 6.87. The number of pyridine rings is 1. The highest BCUT2D eigenvalue weighted by molar-refractivity contribution is 9.10. The lowest BCUT2D eigenvalue weighted by molar-refractivity contribution is 0.0205. The molecule has 5 heteroatoms. The molecule has 0 spiro atoms. The third-order valence-electron chi connectivity index (χ3n) is 1.29. The molecule has 82 valence electrons. The molecule has 4 nitrogen and oxygen atoms in total. The minimum atomic E-state index is -0.730. The molecule has 0 amide bonds. The monoisotopic (exact) mass is 273 g/mol. The number of ether oxygens (including phenoxy) is 2. The summed E-state index contributed by atoms with van der Waals surface area (Å²) in [5.74, 6) is 0.354. The van der Waals surface area contributed by atoms with E-state index in [-0.39, 0.29) is 0 Å². The third kappa shape index (κ3) is 4.78. The van der Waals surface area contributed by atoms with Gasteiger partial charge in [-0.15, -0.1) is 0 Å². The van der Waals surface area contributed by atoms with E-state index in [0.717, 1.165) is 0 Å². The Labute approximate surface area is 96.7 Å². The van der Waals surface area contributed by atoms with Crippen molar-refractivity contribution in [3.8, 4) is 5.75 Å².